The largest absolute Gasteiger partial charge is 0.369 e. The van der Waals surface area contributed by atoms with Gasteiger partial charge in [0.2, 0.25) is 5.91 Å². The Morgan fingerprint density at radius 3 is 2.79 bits per heavy atom. The van der Waals surface area contributed by atoms with Crippen LogP contribution >= 0.6 is 11.6 Å². The summed E-state index contributed by atoms with van der Waals surface area (Å²) in [5, 5.41) is 0.613. The van der Waals surface area contributed by atoms with Gasteiger partial charge in [0.1, 0.15) is 0 Å². The number of carbonyl (C=O) groups is 1. The summed E-state index contributed by atoms with van der Waals surface area (Å²) in [6, 6.07) is 0.459. The van der Waals surface area contributed by atoms with E-state index in [1.54, 1.807) is 0 Å². The normalized spacial score (nSPS) is 28.7. The van der Waals surface area contributed by atoms with Crippen LogP contribution in [-0.2, 0) is 4.79 Å². The first kappa shape index (κ1) is 11.5. The van der Waals surface area contributed by atoms with Gasteiger partial charge in [-0.15, -0.1) is 0 Å². The minimum Gasteiger partial charge on any atom is -0.369 e. The van der Waals surface area contributed by atoms with Crippen LogP contribution in [0.25, 0.3) is 0 Å². The Morgan fingerprint density at radius 1 is 1.64 bits per heavy atom. The zero-order valence-electron chi connectivity index (χ0n) is 8.50. The monoisotopic (exact) mass is 216 g/mol. The second kappa shape index (κ2) is 4.80. The van der Waals surface area contributed by atoms with Crippen LogP contribution in [0.15, 0.2) is 11.6 Å². The van der Waals surface area contributed by atoms with Crippen LogP contribution in [-0.4, -0.2) is 29.9 Å². The van der Waals surface area contributed by atoms with E-state index in [9.17, 15) is 4.79 Å². The van der Waals surface area contributed by atoms with E-state index < -0.39 is 0 Å². The molecule has 1 rings (SSSR count). The fourth-order valence-electron chi connectivity index (χ4n) is 1.85. The minimum atomic E-state index is -0.206. The van der Waals surface area contributed by atoms with Gasteiger partial charge in [-0.25, -0.2) is 0 Å². The maximum absolute atomic E-state index is 11.0. The highest BCUT2D eigenvalue weighted by molar-refractivity contribution is 6.29. The fourth-order valence-corrected chi connectivity index (χ4v) is 2.01. The summed E-state index contributed by atoms with van der Waals surface area (Å²) < 4.78 is 0. The molecule has 0 saturated carbocycles. The maximum atomic E-state index is 11.0. The molecule has 1 saturated heterocycles. The van der Waals surface area contributed by atoms with Crippen LogP contribution < -0.4 is 5.73 Å². The highest BCUT2D eigenvalue weighted by Crippen LogP contribution is 2.22. The molecule has 2 unspecified atom stereocenters. The quantitative estimate of drug-likeness (QED) is 0.774. The van der Waals surface area contributed by atoms with Gasteiger partial charge < -0.3 is 5.73 Å². The first-order valence-electron chi connectivity index (χ1n) is 4.87. The number of nitrogens with zero attached hydrogens (tertiary/aromatic N) is 1. The molecule has 0 aromatic carbocycles. The van der Waals surface area contributed by atoms with Crippen LogP contribution in [0, 0.1) is 5.92 Å². The van der Waals surface area contributed by atoms with Crippen molar-refractivity contribution in [3.63, 3.8) is 0 Å². The molecule has 0 radical (unpaired) electrons. The van der Waals surface area contributed by atoms with E-state index >= 15 is 0 Å². The predicted octanol–water partition coefficient (Wildman–Crippen LogP) is 1.32. The molecule has 0 aromatic rings. The van der Waals surface area contributed by atoms with Crippen molar-refractivity contribution in [2.75, 3.05) is 13.1 Å². The van der Waals surface area contributed by atoms with Crippen molar-refractivity contribution in [3.8, 4) is 0 Å². The van der Waals surface area contributed by atoms with Gasteiger partial charge >= 0.3 is 0 Å². The second-order valence-corrected chi connectivity index (χ2v) is 4.51. The molecule has 0 aromatic heterocycles. The first-order valence-corrected chi connectivity index (χ1v) is 5.25. The van der Waals surface area contributed by atoms with Crippen LogP contribution in [0.2, 0.25) is 0 Å². The van der Waals surface area contributed by atoms with E-state index in [2.05, 4.69) is 18.4 Å². The molecule has 2 N–H and O–H groups in total. The van der Waals surface area contributed by atoms with Gasteiger partial charge in [-0.1, -0.05) is 18.2 Å². The van der Waals surface area contributed by atoms with Gasteiger partial charge in [-0.05, 0) is 19.8 Å². The first-order chi connectivity index (χ1) is 6.50. The Hall–Kier alpha value is -0.540. The van der Waals surface area contributed by atoms with Crippen molar-refractivity contribution in [2.45, 2.75) is 25.8 Å². The summed E-state index contributed by atoms with van der Waals surface area (Å²) in [7, 11) is 0. The molecule has 0 spiro atoms. The Balaban J connectivity index is 2.55. The van der Waals surface area contributed by atoms with Crippen molar-refractivity contribution < 1.29 is 4.79 Å². The van der Waals surface area contributed by atoms with Gasteiger partial charge in [0.25, 0.3) is 0 Å². The van der Waals surface area contributed by atoms with Gasteiger partial charge in [0.15, 0.2) is 0 Å². The summed E-state index contributed by atoms with van der Waals surface area (Å²) in [6.45, 7) is 7.15. The molecule has 2 atom stereocenters. The Bertz CT molecular complexity index is 242. The molecule has 1 aliphatic rings. The second-order valence-electron chi connectivity index (χ2n) is 3.97. The highest BCUT2D eigenvalue weighted by Gasteiger charge is 2.28. The standard InChI is InChI=1S/C10H17ClN2O/c1-7(11)5-13-6-9(10(12)14)4-3-8(13)2/h8-9H,1,3-6H2,2H3,(H2,12,14). The highest BCUT2D eigenvalue weighted by atomic mass is 35.5. The van der Waals surface area contributed by atoms with Crippen LogP contribution in [0.3, 0.4) is 0 Å². The molecule has 1 aliphatic heterocycles. The van der Waals surface area contributed by atoms with Crippen molar-refractivity contribution in [1.29, 1.82) is 0 Å². The number of hydrogen-bond donors (Lipinski definition) is 1. The van der Waals surface area contributed by atoms with E-state index in [-0.39, 0.29) is 11.8 Å². The van der Waals surface area contributed by atoms with Crippen molar-refractivity contribution in [2.24, 2.45) is 11.7 Å². The van der Waals surface area contributed by atoms with Crippen molar-refractivity contribution in [1.82, 2.24) is 4.90 Å². The molecule has 3 nitrogen and oxygen atoms in total. The molecule has 0 aliphatic carbocycles. The number of primary amides is 1. The van der Waals surface area contributed by atoms with Crippen LogP contribution in [0.1, 0.15) is 19.8 Å². The summed E-state index contributed by atoms with van der Waals surface area (Å²) >= 11 is 5.75. The van der Waals surface area contributed by atoms with Gasteiger partial charge in [0.05, 0.1) is 5.92 Å². The van der Waals surface area contributed by atoms with E-state index in [1.807, 2.05) is 0 Å². The van der Waals surface area contributed by atoms with E-state index in [0.717, 1.165) is 12.8 Å². The topological polar surface area (TPSA) is 46.3 Å². The summed E-state index contributed by atoms with van der Waals surface area (Å²) in [5.41, 5.74) is 5.28. The maximum Gasteiger partial charge on any atom is 0.221 e. The average Bonchev–Trinajstić information content (AvgIpc) is 2.07. The van der Waals surface area contributed by atoms with Crippen LogP contribution in [0.4, 0.5) is 0 Å². The van der Waals surface area contributed by atoms with Crippen molar-refractivity contribution in [3.05, 3.63) is 11.6 Å². The lowest BCUT2D eigenvalue weighted by Gasteiger charge is -2.36. The number of hydrogen-bond acceptors (Lipinski definition) is 2. The van der Waals surface area contributed by atoms with E-state index in [1.165, 1.54) is 0 Å². The zero-order valence-corrected chi connectivity index (χ0v) is 9.26. The molecule has 1 fully saturated rings. The molecule has 14 heavy (non-hydrogen) atoms. The number of piperidine rings is 1. The molecule has 4 heteroatoms. The molecule has 80 valence electrons. The zero-order chi connectivity index (χ0) is 10.7. The van der Waals surface area contributed by atoms with Crippen LogP contribution in [0.5, 0.6) is 0 Å². The summed E-state index contributed by atoms with van der Waals surface area (Å²) in [5.74, 6) is -0.232. The number of halogens is 1. The fraction of sp³-hybridized carbons (Fsp3) is 0.700. The number of carbonyl (C=O) groups excluding carboxylic acids is 1. The third-order valence-corrected chi connectivity index (χ3v) is 2.91. The third-order valence-electron chi connectivity index (χ3n) is 2.79. The van der Waals surface area contributed by atoms with Crippen molar-refractivity contribution >= 4 is 17.5 Å². The average molecular weight is 217 g/mol. The Labute approximate surface area is 89.9 Å². The predicted molar refractivity (Wildman–Crippen MR) is 57.9 cm³/mol. The summed E-state index contributed by atoms with van der Waals surface area (Å²) in [6.07, 6.45) is 1.89. The van der Waals surface area contributed by atoms with E-state index in [4.69, 9.17) is 17.3 Å². The molecular weight excluding hydrogens is 200 g/mol. The van der Waals surface area contributed by atoms with E-state index in [0.29, 0.717) is 24.2 Å². The Kier molecular flexibility index (Phi) is 3.96. The molecule has 0 bridgehead atoms. The smallest absolute Gasteiger partial charge is 0.221 e. The number of nitrogens with two attached hydrogens (primary N) is 1. The lowest BCUT2D eigenvalue weighted by atomic mass is 9.93. The summed E-state index contributed by atoms with van der Waals surface area (Å²) in [4.78, 5) is 13.2. The minimum absolute atomic E-state index is 0.0257. The lowest BCUT2D eigenvalue weighted by Crippen LogP contribution is -2.46. The Morgan fingerprint density at radius 2 is 2.29 bits per heavy atom. The SMILES string of the molecule is C=C(Cl)CN1CC(C(N)=O)CCC1C. The van der Waals surface area contributed by atoms with Gasteiger partial charge in [-0.2, -0.15) is 0 Å². The number of likely N-dealkylation sites (tertiary alicyclic amines) is 1. The van der Waals surface area contributed by atoms with Gasteiger partial charge in [-0.3, -0.25) is 9.69 Å². The molecule has 1 heterocycles. The number of rotatable bonds is 3. The number of amides is 1. The third kappa shape index (κ3) is 3.00. The molecular formula is C10H17ClN2O. The lowest BCUT2D eigenvalue weighted by molar-refractivity contribution is -0.123. The molecule has 1 amide bonds. The van der Waals surface area contributed by atoms with Gasteiger partial charge in [0, 0.05) is 24.2 Å².